The lowest BCUT2D eigenvalue weighted by molar-refractivity contribution is 0.0487. The van der Waals surface area contributed by atoms with E-state index in [1.165, 1.54) is 5.56 Å². The van der Waals surface area contributed by atoms with Crippen LogP contribution in [0.25, 0.3) is 0 Å². The Balaban J connectivity index is 1.74. The highest BCUT2D eigenvalue weighted by Gasteiger charge is 2.35. The number of carbonyl (C=O) groups is 1. The van der Waals surface area contributed by atoms with Gasteiger partial charge in [-0.15, -0.1) is 0 Å². The maximum Gasteiger partial charge on any atom is 0.251 e. The molecule has 8 heteroatoms. The molecule has 1 heterocycles. The molecule has 0 unspecified atom stereocenters. The maximum absolute atomic E-state index is 12.8. The summed E-state index contributed by atoms with van der Waals surface area (Å²) in [6, 6.07) is 14.8. The second-order valence-corrected chi connectivity index (χ2v) is 10.3. The van der Waals surface area contributed by atoms with Crippen LogP contribution in [-0.4, -0.2) is 39.8 Å². The highest BCUT2D eigenvalue weighted by atomic mass is 79.9. The largest absolute Gasteiger partial charge is 0.381 e. The lowest BCUT2D eigenvalue weighted by atomic mass is 9.74. The molecule has 0 radical (unpaired) electrons. The quantitative estimate of drug-likeness (QED) is 0.578. The van der Waals surface area contributed by atoms with Gasteiger partial charge in [-0.05, 0) is 55.2 Å². The van der Waals surface area contributed by atoms with E-state index in [-0.39, 0.29) is 17.1 Å². The Morgan fingerprint density at radius 2 is 1.87 bits per heavy atom. The number of nitrogens with one attached hydrogen (secondary N) is 2. The first-order chi connectivity index (χ1) is 14.3. The summed E-state index contributed by atoms with van der Waals surface area (Å²) < 4.78 is 33.1. The number of ether oxygens (including phenoxy) is 1. The van der Waals surface area contributed by atoms with Gasteiger partial charge in [0.2, 0.25) is 10.0 Å². The lowest BCUT2D eigenvalue weighted by Crippen LogP contribution is -2.44. The van der Waals surface area contributed by atoms with Crippen molar-refractivity contribution in [3.63, 3.8) is 0 Å². The summed E-state index contributed by atoms with van der Waals surface area (Å²) in [5.41, 5.74) is 1.78. The number of amides is 1. The molecule has 3 rings (SSSR count). The molecule has 2 aromatic carbocycles. The van der Waals surface area contributed by atoms with Crippen LogP contribution >= 0.6 is 15.9 Å². The fraction of sp³-hybridized carbons (Fsp3) is 0.409. The average Bonchev–Trinajstić information content (AvgIpc) is 2.72. The molecule has 30 heavy (non-hydrogen) atoms. The van der Waals surface area contributed by atoms with Gasteiger partial charge in [-0.1, -0.05) is 41.1 Å². The molecule has 1 fully saturated rings. The molecule has 1 saturated heterocycles. The first-order valence-electron chi connectivity index (χ1n) is 10.1. The number of hydrogen-bond acceptors (Lipinski definition) is 4. The van der Waals surface area contributed by atoms with E-state index >= 15 is 0 Å². The summed E-state index contributed by atoms with van der Waals surface area (Å²) in [7, 11) is -3.41. The van der Waals surface area contributed by atoms with E-state index in [4.69, 9.17) is 4.74 Å². The standard InChI is InChI=1S/C22H27BrN2O4S/c1-2-13-30(27,28)25-20-8-3-5-17(14-20)21(26)24-16-22(9-11-29-12-10-22)18-6-4-7-19(23)15-18/h3-8,14-15,25H,2,9-13,16H2,1H3,(H,24,26). The second-order valence-electron chi connectivity index (χ2n) is 7.59. The number of hydrogen-bond donors (Lipinski definition) is 2. The molecule has 162 valence electrons. The summed E-state index contributed by atoms with van der Waals surface area (Å²) in [6.07, 6.45) is 2.16. The van der Waals surface area contributed by atoms with Gasteiger partial charge < -0.3 is 10.1 Å². The Morgan fingerprint density at radius 1 is 1.13 bits per heavy atom. The number of anilines is 1. The van der Waals surface area contributed by atoms with Crippen LogP contribution in [0.1, 0.15) is 42.1 Å². The fourth-order valence-corrected chi connectivity index (χ4v) is 5.25. The zero-order valence-electron chi connectivity index (χ0n) is 17.0. The van der Waals surface area contributed by atoms with Gasteiger partial charge in [0, 0.05) is 40.9 Å². The molecular weight excluding hydrogens is 468 g/mol. The zero-order chi connectivity index (χ0) is 21.6. The van der Waals surface area contributed by atoms with Gasteiger partial charge in [-0.3, -0.25) is 9.52 Å². The minimum Gasteiger partial charge on any atom is -0.381 e. The Hall–Kier alpha value is -1.90. The van der Waals surface area contributed by atoms with Crippen molar-refractivity contribution in [3.8, 4) is 0 Å². The fourth-order valence-electron chi connectivity index (χ4n) is 3.72. The maximum atomic E-state index is 12.8. The molecule has 0 aliphatic carbocycles. The summed E-state index contributed by atoms with van der Waals surface area (Å²) in [5, 5.41) is 3.06. The van der Waals surface area contributed by atoms with Crippen LogP contribution in [0, 0.1) is 0 Å². The van der Waals surface area contributed by atoms with Crippen molar-refractivity contribution in [1.29, 1.82) is 0 Å². The van der Waals surface area contributed by atoms with E-state index in [1.54, 1.807) is 31.2 Å². The highest BCUT2D eigenvalue weighted by molar-refractivity contribution is 9.10. The third-order valence-electron chi connectivity index (χ3n) is 5.35. The highest BCUT2D eigenvalue weighted by Crippen LogP contribution is 2.35. The number of benzene rings is 2. The van der Waals surface area contributed by atoms with Crippen LogP contribution in [0.15, 0.2) is 53.0 Å². The predicted octanol–water partition coefficient (Wildman–Crippen LogP) is 4.08. The minimum atomic E-state index is -3.41. The Bertz CT molecular complexity index is 988. The minimum absolute atomic E-state index is 0.0423. The number of sulfonamides is 1. The molecule has 6 nitrogen and oxygen atoms in total. The van der Waals surface area contributed by atoms with E-state index in [0.717, 1.165) is 17.3 Å². The van der Waals surface area contributed by atoms with E-state index in [0.29, 0.717) is 37.4 Å². The topological polar surface area (TPSA) is 84.5 Å². The van der Waals surface area contributed by atoms with E-state index in [2.05, 4.69) is 38.1 Å². The van der Waals surface area contributed by atoms with Crippen molar-refractivity contribution in [2.24, 2.45) is 0 Å². The summed E-state index contributed by atoms with van der Waals surface area (Å²) >= 11 is 3.54. The molecule has 1 aliphatic heterocycles. The third kappa shape index (κ3) is 5.83. The molecule has 0 spiro atoms. The second kappa shape index (κ2) is 9.94. The lowest BCUT2D eigenvalue weighted by Gasteiger charge is -2.38. The molecule has 0 saturated carbocycles. The molecule has 0 aromatic heterocycles. The molecule has 1 amide bonds. The summed E-state index contributed by atoms with van der Waals surface area (Å²) in [4.78, 5) is 12.8. The van der Waals surface area contributed by atoms with Gasteiger partial charge in [-0.25, -0.2) is 8.42 Å². The average molecular weight is 495 g/mol. The van der Waals surface area contributed by atoms with Gasteiger partial charge in [0.25, 0.3) is 5.91 Å². The predicted molar refractivity (Wildman–Crippen MR) is 122 cm³/mol. The molecule has 0 atom stereocenters. The van der Waals surface area contributed by atoms with Crippen molar-refractivity contribution < 1.29 is 17.9 Å². The molecule has 0 bridgehead atoms. The van der Waals surface area contributed by atoms with Crippen molar-refractivity contribution >= 4 is 37.5 Å². The molecule has 2 N–H and O–H groups in total. The number of carbonyl (C=O) groups excluding carboxylic acids is 1. The van der Waals surface area contributed by atoms with Gasteiger partial charge >= 0.3 is 0 Å². The van der Waals surface area contributed by atoms with Gasteiger partial charge in [0.15, 0.2) is 0 Å². The SMILES string of the molecule is CCCS(=O)(=O)Nc1cccc(C(=O)NCC2(c3cccc(Br)c3)CCOCC2)c1. The van der Waals surface area contributed by atoms with Gasteiger partial charge in [0.1, 0.15) is 0 Å². The van der Waals surface area contributed by atoms with E-state index < -0.39 is 10.0 Å². The zero-order valence-corrected chi connectivity index (χ0v) is 19.4. The Kier molecular flexibility index (Phi) is 7.55. The monoisotopic (exact) mass is 494 g/mol. The van der Waals surface area contributed by atoms with Gasteiger partial charge in [-0.2, -0.15) is 0 Å². The van der Waals surface area contributed by atoms with Crippen LogP contribution in [-0.2, 0) is 20.2 Å². The van der Waals surface area contributed by atoms with Crippen LogP contribution in [0.4, 0.5) is 5.69 Å². The van der Waals surface area contributed by atoms with Crippen molar-refractivity contribution in [3.05, 3.63) is 64.1 Å². The first-order valence-corrected chi connectivity index (χ1v) is 12.5. The van der Waals surface area contributed by atoms with Crippen LogP contribution in [0.5, 0.6) is 0 Å². The Labute approximate surface area is 186 Å². The van der Waals surface area contributed by atoms with E-state index in [9.17, 15) is 13.2 Å². The third-order valence-corrected chi connectivity index (χ3v) is 7.33. The van der Waals surface area contributed by atoms with Crippen LogP contribution in [0.2, 0.25) is 0 Å². The van der Waals surface area contributed by atoms with Crippen molar-refractivity contribution in [1.82, 2.24) is 5.32 Å². The molecule has 2 aromatic rings. The summed E-state index contributed by atoms with van der Waals surface area (Å²) in [5.74, 6) is -0.187. The van der Waals surface area contributed by atoms with Crippen molar-refractivity contribution in [2.45, 2.75) is 31.6 Å². The normalized spacial score (nSPS) is 16.1. The van der Waals surface area contributed by atoms with Crippen LogP contribution < -0.4 is 10.0 Å². The van der Waals surface area contributed by atoms with E-state index in [1.807, 2.05) is 12.1 Å². The smallest absolute Gasteiger partial charge is 0.251 e. The molecule has 1 aliphatic rings. The summed E-state index contributed by atoms with van der Waals surface area (Å²) in [6.45, 7) is 3.59. The van der Waals surface area contributed by atoms with Crippen molar-refractivity contribution in [2.75, 3.05) is 30.2 Å². The first kappa shape index (κ1) is 22.8. The van der Waals surface area contributed by atoms with Crippen LogP contribution in [0.3, 0.4) is 0 Å². The number of halogens is 1. The van der Waals surface area contributed by atoms with Gasteiger partial charge in [0.05, 0.1) is 5.75 Å². The Morgan fingerprint density at radius 3 is 2.57 bits per heavy atom. The number of rotatable bonds is 8. The molecular formula is C22H27BrN2O4S.